The fourth-order valence-corrected chi connectivity index (χ4v) is 1.87. The van der Waals surface area contributed by atoms with Gasteiger partial charge in [-0.05, 0) is 25.8 Å². The zero-order valence-corrected chi connectivity index (χ0v) is 10.9. The summed E-state index contributed by atoms with van der Waals surface area (Å²) in [6.45, 7) is 5.68. The number of rotatable bonds is 8. The molecule has 0 spiro atoms. The van der Waals surface area contributed by atoms with E-state index in [9.17, 15) is 4.79 Å². The average molecular weight is 237 g/mol. The number of aryl methyl sites for hydroxylation is 1. The topological polar surface area (TPSA) is 60.9 Å². The highest BCUT2D eigenvalue weighted by atomic mass is 16.1. The lowest BCUT2D eigenvalue weighted by molar-refractivity contribution is -0.122. The number of aromatic nitrogens is 2. The summed E-state index contributed by atoms with van der Waals surface area (Å²) < 4.78 is 2.06. The molecule has 0 radical (unpaired) electrons. The van der Waals surface area contributed by atoms with Gasteiger partial charge in [0.05, 0.1) is 6.42 Å². The van der Waals surface area contributed by atoms with E-state index in [2.05, 4.69) is 16.5 Å². The minimum Gasteiger partial charge on any atom is -0.335 e. The molecule has 0 fully saturated rings. The number of hydrogen-bond donors (Lipinski definition) is 1. The molecule has 0 aromatic carbocycles. The summed E-state index contributed by atoms with van der Waals surface area (Å²) in [6, 6.07) is 0. The normalized spacial score (nSPS) is 12.6. The van der Waals surface area contributed by atoms with E-state index in [0.717, 1.165) is 31.6 Å². The predicted molar refractivity (Wildman–Crippen MR) is 68.7 cm³/mol. The van der Waals surface area contributed by atoms with Gasteiger partial charge in [-0.1, -0.05) is 13.8 Å². The summed E-state index contributed by atoms with van der Waals surface area (Å²) in [6.07, 6.45) is 7.00. The summed E-state index contributed by atoms with van der Waals surface area (Å²) >= 11 is 0. The first-order valence-electron chi connectivity index (χ1n) is 6.41. The van der Waals surface area contributed by atoms with Crippen molar-refractivity contribution in [3.63, 3.8) is 0 Å². The van der Waals surface area contributed by atoms with Crippen LogP contribution in [0.25, 0.3) is 0 Å². The molecular weight excluding hydrogens is 214 g/mol. The molecule has 1 heterocycles. The van der Waals surface area contributed by atoms with E-state index in [1.165, 1.54) is 0 Å². The molecular formula is C13H23N3O. The van der Waals surface area contributed by atoms with Crippen molar-refractivity contribution in [2.24, 2.45) is 11.7 Å². The van der Waals surface area contributed by atoms with Gasteiger partial charge >= 0.3 is 0 Å². The van der Waals surface area contributed by atoms with Crippen molar-refractivity contribution in [2.75, 3.05) is 6.54 Å². The summed E-state index contributed by atoms with van der Waals surface area (Å²) in [7, 11) is 0. The van der Waals surface area contributed by atoms with Crippen LogP contribution < -0.4 is 5.73 Å². The number of imidazole rings is 1. The molecule has 96 valence electrons. The van der Waals surface area contributed by atoms with Crippen LogP contribution in [0.1, 0.15) is 38.9 Å². The predicted octanol–water partition coefficient (Wildman–Crippen LogP) is 1.78. The Morgan fingerprint density at radius 3 is 3.00 bits per heavy atom. The lowest BCUT2D eigenvalue weighted by Crippen LogP contribution is -2.17. The van der Waals surface area contributed by atoms with Crippen molar-refractivity contribution in [2.45, 2.75) is 46.1 Å². The Hall–Kier alpha value is -1.16. The minimum atomic E-state index is 0.0883. The first kappa shape index (κ1) is 13.9. The first-order chi connectivity index (χ1) is 8.19. The largest absolute Gasteiger partial charge is 0.335 e. The second kappa shape index (κ2) is 7.22. The summed E-state index contributed by atoms with van der Waals surface area (Å²) in [5.74, 6) is 1.24. The highest BCUT2D eigenvalue weighted by Crippen LogP contribution is 2.10. The van der Waals surface area contributed by atoms with E-state index in [0.29, 0.717) is 13.0 Å². The SMILES string of the molecule is CCCn1ccnc1CC(=O)C(C)CCCN. The van der Waals surface area contributed by atoms with E-state index in [4.69, 9.17) is 5.73 Å². The molecule has 4 heteroatoms. The highest BCUT2D eigenvalue weighted by molar-refractivity contribution is 5.82. The Morgan fingerprint density at radius 2 is 2.35 bits per heavy atom. The van der Waals surface area contributed by atoms with Crippen molar-refractivity contribution in [3.05, 3.63) is 18.2 Å². The molecule has 17 heavy (non-hydrogen) atoms. The lowest BCUT2D eigenvalue weighted by Gasteiger charge is -2.10. The Bertz CT molecular complexity index is 346. The molecule has 1 rings (SSSR count). The van der Waals surface area contributed by atoms with E-state index in [-0.39, 0.29) is 11.7 Å². The Morgan fingerprint density at radius 1 is 1.59 bits per heavy atom. The second-order valence-corrected chi connectivity index (χ2v) is 4.51. The number of ketones is 1. The fourth-order valence-electron chi connectivity index (χ4n) is 1.87. The molecule has 1 atom stereocenters. The minimum absolute atomic E-state index is 0.0883. The molecule has 0 aliphatic rings. The number of Topliss-reactive ketones (excluding diaryl/α,β-unsaturated/α-hetero) is 1. The van der Waals surface area contributed by atoms with Crippen LogP contribution in [0.2, 0.25) is 0 Å². The standard InChI is InChI=1S/C13H23N3O/c1-3-8-16-9-7-15-13(16)10-12(17)11(2)5-4-6-14/h7,9,11H,3-6,8,10,14H2,1-2H3. The number of nitrogens with two attached hydrogens (primary N) is 1. The third-order valence-electron chi connectivity index (χ3n) is 2.99. The average Bonchev–Trinajstić information content (AvgIpc) is 2.74. The molecule has 4 nitrogen and oxygen atoms in total. The van der Waals surface area contributed by atoms with Crippen LogP contribution in [0.5, 0.6) is 0 Å². The zero-order valence-electron chi connectivity index (χ0n) is 10.9. The second-order valence-electron chi connectivity index (χ2n) is 4.51. The van der Waals surface area contributed by atoms with E-state index in [1.54, 1.807) is 6.20 Å². The fraction of sp³-hybridized carbons (Fsp3) is 0.692. The lowest BCUT2D eigenvalue weighted by atomic mass is 9.98. The van der Waals surface area contributed by atoms with Crippen molar-refractivity contribution >= 4 is 5.78 Å². The van der Waals surface area contributed by atoms with Gasteiger partial charge in [-0.3, -0.25) is 4.79 Å². The van der Waals surface area contributed by atoms with Crippen LogP contribution >= 0.6 is 0 Å². The van der Waals surface area contributed by atoms with Crippen LogP contribution in [0, 0.1) is 5.92 Å². The van der Waals surface area contributed by atoms with Crippen molar-refractivity contribution in [1.29, 1.82) is 0 Å². The maximum atomic E-state index is 12.0. The summed E-state index contributed by atoms with van der Waals surface area (Å²) in [4.78, 5) is 16.2. The number of hydrogen-bond acceptors (Lipinski definition) is 3. The molecule has 1 aromatic rings. The van der Waals surface area contributed by atoms with Gasteiger partial charge in [0.15, 0.2) is 0 Å². The van der Waals surface area contributed by atoms with Gasteiger partial charge in [-0.25, -0.2) is 4.98 Å². The molecule has 0 aliphatic heterocycles. The molecule has 0 saturated heterocycles. The van der Waals surface area contributed by atoms with Crippen molar-refractivity contribution < 1.29 is 4.79 Å². The molecule has 1 unspecified atom stereocenters. The smallest absolute Gasteiger partial charge is 0.143 e. The van der Waals surface area contributed by atoms with E-state index in [1.807, 2.05) is 13.1 Å². The van der Waals surface area contributed by atoms with Gasteiger partial charge in [0.2, 0.25) is 0 Å². The number of carbonyl (C=O) groups is 1. The maximum Gasteiger partial charge on any atom is 0.143 e. The molecule has 0 saturated carbocycles. The molecule has 0 amide bonds. The Balaban J connectivity index is 2.52. The van der Waals surface area contributed by atoms with Crippen molar-refractivity contribution in [3.8, 4) is 0 Å². The third-order valence-corrected chi connectivity index (χ3v) is 2.99. The molecule has 0 aliphatic carbocycles. The van der Waals surface area contributed by atoms with Gasteiger partial charge < -0.3 is 10.3 Å². The van der Waals surface area contributed by atoms with Gasteiger partial charge in [-0.2, -0.15) is 0 Å². The number of carbonyl (C=O) groups excluding carboxylic acids is 1. The number of nitrogens with zero attached hydrogens (tertiary/aromatic N) is 2. The Labute approximate surface area is 103 Å². The molecule has 0 bridgehead atoms. The third kappa shape index (κ3) is 4.30. The molecule has 1 aromatic heterocycles. The first-order valence-corrected chi connectivity index (χ1v) is 6.41. The zero-order chi connectivity index (χ0) is 12.7. The maximum absolute atomic E-state index is 12.0. The van der Waals surface area contributed by atoms with Gasteiger partial charge in [0, 0.05) is 24.9 Å². The van der Waals surface area contributed by atoms with E-state index >= 15 is 0 Å². The summed E-state index contributed by atoms with van der Waals surface area (Å²) in [5.41, 5.74) is 5.45. The Kier molecular flexibility index (Phi) is 5.91. The monoisotopic (exact) mass is 237 g/mol. The summed E-state index contributed by atoms with van der Waals surface area (Å²) in [5, 5.41) is 0. The van der Waals surface area contributed by atoms with Crippen LogP contribution in [-0.2, 0) is 17.8 Å². The van der Waals surface area contributed by atoms with Gasteiger partial charge in [-0.15, -0.1) is 0 Å². The quantitative estimate of drug-likeness (QED) is 0.749. The van der Waals surface area contributed by atoms with E-state index < -0.39 is 0 Å². The van der Waals surface area contributed by atoms with Gasteiger partial charge in [0.25, 0.3) is 0 Å². The van der Waals surface area contributed by atoms with Crippen LogP contribution in [-0.4, -0.2) is 21.9 Å². The van der Waals surface area contributed by atoms with Crippen molar-refractivity contribution in [1.82, 2.24) is 9.55 Å². The van der Waals surface area contributed by atoms with Crippen LogP contribution in [0.3, 0.4) is 0 Å². The van der Waals surface area contributed by atoms with Gasteiger partial charge in [0.1, 0.15) is 11.6 Å². The highest BCUT2D eigenvalue weighted by Gasteiger charge is 2.15. The van der Waals surface area contributed by atoms with Crippen LogP contribution in [0.15, 0.2) is 12.4 Å². The van der Waals surface area contributed by atoms with Crippen LogP contribution in [0.4, 0.5) is 0 Å². The molecule has 2 N–H and O–H groups in total.